The van der Waals surface area contributed by atoms with Crippen LogP contribution in [0.1, 0.15) is 12.8 Å². The average Bonchev–Trinajstić information content (AvgIpc) is 3.06. The molecule has 1 unspecified atom stereocenters. The van der Waals surface area contributed by atoms with Crippen LogP contribution in [0.4, 0.5) is 5.82 Å². The van der Waals surface area contributed by atoms with Gasteiger partial charge in [0.25, 0.3) is 0 Å². The summed E-state index contributed by atoms with van der Waals surface area (Å²) >= 11 is 11.8. The summed E-state index contributed by atoms with van der Waals surface area (Å²) < 4.78 is 1.46. The van der Waals surface area contributed by atoms with E-state index in [2.05, 4.69) is 26.8 Å². The number of hydrogen-bond donors (Lipinski definition) is 2. The number of halogens is 2. The lowest BCUT2D eigenvalue weighted by molar-refractivity contribution is 0.392. The number of aromatic nitrogens is 2. The molecule has 0 bridgehead atoms. The zero-order chi connectivity index (χ0) is 11.8. The number of hydrazine groups is 1. The Labute approximate surface area is 109 Å². The van der Waals surface area contributed by atoms with Crippen molar-refractivity contribution < 1.29 is 0 Å². The van der Waals surface area contributed by atoms with E-state index in [4.69, 9.17) is 23.4 Å². The van der Waals surface area contributed by atoms with Gasteiger partial charge in [0, 0.05) is 17.8 Å². The molecule has 5 nitrogen and oxygen atoms in total. The molecule has 0 amide bonds. The highest BCUT2D eigenvalue weighted by molar-refractivity contribution is 6.29. The topological polar surface area (TPSA) is 53.1 Å². The summed E-state index contributed by atoms with van der Waals surface area (Å²) in [5, 5.41) is 3.50. The molecular weight excluding hydrogens is 261 g/mol. The van der Waals surface area contributed by atoms with Gasteiger partial charge in [0.2, 0.25) is 0 Å². The van der Waals surface area contributed by atoms with Gasteiger partial charge in [-0.15, -0.1) is 0 Å². The van der Waals surface area contributed by atoms with Crippen molar-refractivity contribution in [2.24, 2.45) is 5.92 Å². The number of nitrogens with one attached hydrogen (secondary N) is 2. The number of rotatable bonds is 3. The Morgan fingerprint density at radius 1 is 1.41 bits per heavy atom. The van der Waals surface area contributed by atoms with E-state index < -0.39 is 0 Å². The van der Waals surface area contributed by atoms with Gasteiger partial charge in [0.15, 0.2) is 0 Å². The summed E-state index contributed by atoms with van der Waals surface area (Å²) in [4.78, 5) is 7.88. The molecule has 0 saturated heterocycles. The van der Waals surface area contributed by atoms with Crippen LogP contribution in [-0.4, -0.2) is 20.5 Å². The van der Waals surface area contributed by atoms with Gasteiger partial charge >= 0.3 is 0 Å². The van der Waals surface area contributed by atoms with Gasteiger partial charge in [-0.3, -0.25) is 0 Å². The molecule has 0 spiro atoms. The molecule has 0 aromatic carbocycles. The molecule has 1 aromatic heterocycles. The van der Waals surface area contributed by atoms with Crippen molar-refractivity contribution >= 4 is 29.2 Å². The predicted octanol–water partition coefficient (Wildman–Crippen LogP) is 2.14. The molecule has 1 fully saturated rings. The van der Waals surface area contributed by atoms with Crippen molar-refractivity contribution in [3.63, 3.8) is 0 Å². The van der Waals surface area contributed by atoms with E-state index in [0.717, 1.165) is 5.82 Å². The van der Waals surface area contributed by atoms with Gasteiger partial charge in [-0.1, -0.05) is 11.6 Å². The number of anilines is 1. The molecule has 0 radical (unpaired) electrons. The zero-order valence-corrected chi connectivity index (χ0v) is 10.4. The Morgan fingerprint density at radius 2 is 2.24 bits per heavy atom. The number of hydrogen-bond acceptors (Lipinski definition) is 5. The average molecular weight is 272 g/mol. The minimum Gasteiger partial charge on any atom is -0.325 e. The Bertz CT molecular complexity index is 460. The smallest absolute Gasteiger partial charge is 0.136 e. The van der Waals surface area contributed by atoms with Crippen LogP contribution in [0.5, 0.6) is 0 Å². The standard InChI is InChI=1S/C10H11Cl2N5/c11-8-4-9(14-5-13-8)15-10-3-7(6-1-2-6)16-17(10)12/h3-7,16H,1-2H2,(H,13,14,15). The van der Waals surface area contributed by atoms with Gasteiger partial charge in [-0.2, -0.15) is 0 Å². The quantitative estimate of drug-likeness (QED) is 0.652. The third-order valence-electron chi connectivity index (χ3n) is 2.83. The Balaban J connectivity index is 1.73. The molecule has 2 aliphatic rings. The molecule has 7 heteroatoms. The van der Waals surface area contributed by atoms with Crippen molar-refractivity contribution in [1.82, 2.24) is 19.9 Å². The lowest BCUT2D eigenvalue weighted by Gasteiger charge is -2.15. The van der Waals surface area contributed by atoms with Crippen molar-refractivity contribution in [1.29, 1.82) is 0 Å². The van der Waals surface area contributed by atoms with Crippen LogP contribution in [-0.2, 0) is 0 Å². The first-order valence-electron chi connectivity index (χ1n) is 5.41. The second-order valence-electron chi connectivity index (χ2n) is 4.18. The minimum atomic E-state index is 0.312. The first kappa shape index (κ1) is 11.1. The molecule has 1 aliphatic heterocycles. The fourth-order valence-corrected chi connectivity index (χ4v) is 2.15. The molecule has 1 saturated carbocycles. The van der Waals surface area contributed by atoms with Gasteiger partial charge in [-0.05, 0) is 24.8 Å². The summed E-state index contributed by atoms with van der Waals surface area (Å²) in [5.74, 6) is 2.10. The van der Waals surface area contributed by atoms with E-state index in [9.17, 15) is 0 Å². The highest BCUT2D eigenvalue weighted by Crippen LogP contribution is 2.36. The van der Waals surface area contributed by atoms with Crippen LogP contribution in [0.2, 0.25) is 5.15 Å². The van der Waals surface area contributed by atoms with E-state index in [1.807, 2.05) is 0 Å². The van der Waals surface area contributed by atoms with Gasteiger partial charge in [0.1, 0.15) is 23.1 Å². The fourth-order valence-electron chi connectivity index (χ4n) is 1.79. The third kappa shape index (κ3) is 2.46. The van der Waals surface area contributed by atoms with Crippen LogP contribution >= 0.6 is 23.4 Å². The molecule has 1 aromatic rings. The fraction of sp³-hybridized carbons (Fsp3) is 0.400. The molecule has 90 valence electrons. The molecule has 2 N–H and O–H groups in total. The summed E-state index contributed by atoms with van der Waals surface area (Å²) in [6, 6.07) is 1.96. The molecule has 3 rings (SSSR count). The highest BCUT2D eigenvalue weighted by atomic mass is 35.5. The van der Waals surface area contributed by atoms with Crippen LogP contribution in [0, 0.1) is 5.92 Å². The Kier molecular flexibility index (Phi) is 2.82. The van der Waals surface area contributed by atoms with Crippen LogP contribution in [0.25, 0.3) is 0 Å². The highest BCUT2D eigenvalue weighted by Gasteiger charge is 2.35. The first-order valence-corrected chi connectivity index (χ1v) is 6.12. The van der Waals surface area contributed by atoms with E-state index in [0.29, 0.717) is 22.9 Å². The molecule has 1 aliphatic carbocycles. The molecule has 1 atom stereocenters. The van der Waals surface area contributed by atoms with Crippen LogP contribution in [0.3, 0.4) is 0 Å². The molecule has 17 heavy (non-hydrogen) atoms. The van der Waals surface area contributed by atoms with Crippen molar-refractivity contribution in [2.75, 3.05) is 5.32 Å². The molecular formula is C10H11Cl2N5. The van der Waals surface area contributed by atoms with Crippen molar-refractivity contribution in [3.8, 4) is 0 Å². The van der Waals surface area contributed by atoms with E-state index in [1.165, 1.54) is 23.7 Å². The van der Waals surface area contributed by atoms with Crippen LogP contribution < -0.4 is 10.7 Å². The monoisotopic (exact) mass is 271 g/mol. The maximum atomic E-state index is 6.05. The summed E-state index contributed by atoms with van der Waals surface area (Å²) in [5.41, 5.74) is 3.17. The maximum Gasteiger partial charge on any atom is 0.136 e. The summed E-state index contributed by atoms with van der Waals surface area (Å²) in [6.07, 6.45) is 5.99. The van der Waals surface area contributed by atoms with E-state index >= 15 is 0 Å². The summed E-state index contributed by atoms with van der Waals surface area (Å²) in [6.45, 7) is 0. The maximum absolute atomic E-state index is 6.05. The Morgan fingerprint density at radius 3 is 2.94 bits per heavy atom. The van der Waals surface area contributed by atoms with Crippen molar-refractivity contribution in [2.45, 2.75) is 18.9 Å². The SMILES string of the molecule is Clc1cc(NC2=CC(C3CC3)NN2Cl)ncn1. The number of nitrogens with zero attached hydrogens (tertiary/aromatic N) is 3. The minimum absolute atomic E-state index is 0.312. The van der Waals surface area contributed by atoms with E-state index in [1.54, 1.807) is 6.07 Å². The largest absolute Gasteiger partial charge is 0.325 e. The van der Waals surface area contributed by atoms with Gasteiger partial charge < -0.3 is 5.32 Å². The lowest BCUT2D eigenvalue weighted by atomic mass is 10.2. The van der Waals surface area contributed by atoms with E-state index in [-0.39, 0.29) is 0 Å². The van der Waals surface area contributed by atoms with Crippen molar-refractivity contribution in [3.05, 3.63) is 29.4 Å². The third-order valence-corrected chi connectivity index (χ3v) is 3.32. The second-order valence-corrected chi connectivity index (χ2v) is 4.90. The van der Waals surface area contributed by atoms with Gasteiger partial charge in [-0.25, -0.2) is 19.9 Å². The Hall–Kier alpha value is -1.04. The first-order chi connectivity index (χ1) is 8.22. The van der Waals surface area contributed by atoms with Crippen LogP contribution in [0.15, 0.2) is 24.3 Å². The normalized spacial score (nSPS) is 23.8. The predicted molar refractivity (Wildman–Crippen MR) is 66.1 cm³/mol. The van der Waals surface area contributed by atoms with Gasteiger partial charge in [0.05, 0.1) is 6.04 Å². The zero-order valence-electron chi connectivity index (χ0n) is 8.90. The summed E-state index contributed by atoms with van der Waals surface area (Å²) in [7, 11) is 0. The lowest BCUT2D eigenvalue weighted by Crippen LogP contribution is -2.32. The molecule has 2 heterocycles. The second kappa shape index (κ2) is 4.33.